The summed E-state index contributed by atoms with van der Waals surface area (Å²) in [5.74, 6) is 3.98. The van der Waals surface area contributed by atoms with Gasteiger partial charge in [-0.1, -0.05) is 61.4 Å². The van der Waals surface area contributed by atoms with E-state index in [4.69, 9.17) is 9.84 Å². The number of carboxylic acid groups (broad SMARTS) is 1. The first-order valence-corrected chi connectivity index (χ1v) is 11.0. The average Bonchev–Trinajstić information content (AvgIpc) is 3.32. The van der Waals surface area contributed by atoms with Crippen LogP contribution in [0.2, 0.25) is 0 Å². The molecule has 2 atom stereocenters. The van der Waals surface area contributed by atoms with Crippen LogP contribution in [0.1, 0.15) is 30.4 Å². The smallest absolute Gasteiger partial charge is 0.407 e. The molecule has 1 fully saturated rings. The van der Waals surface area contributed by atoms with Gasteiger partial charge in [0.2, 0.25) is 0 Å². The number of fused-ring (bicyclic) bond motifs is 3. The molecule has 2 aliphatic rings. The summed E-state index contributed by atoms with van der Waals surface area (Å²) in [6.45, 7) is 3.02. The number of alkyl carbamates (subject to hydrolysis) is 1. The predicted octanol–water partition coefficient (Wildman–Crippen LogP) is 3.10. The van der Waals surface area contributed by atoms with Crippen LogP contribution in [0.25, 0.3) is 11.1 Å². The summed E-state index contributed by atoms with van der Waals surface area (Å²) in [7, 11) is 0. The van der Waals surface area contributed by atoms with Crippen LogP contribution in [0, 0.1) is 23.7 Å². The van der Waals surface area contributed by atoms with Crippen molar-refractivity contribution in [2.24, 2.45) is 11.8 Å². The number of hydrogen-bond donors (Lipinski definition) is 2. The van der Waals surface area contributed by atoms with E-state index in [-0.39, 0.29) is 43.2 Å². The lowest BCUT2D eigenvalue weighted by Gasteiger charge is -2.14. The van der Waals surface area contributed by atoms with Crippen molar-refractivity contribution in [1.29, 1.82) is 0 Å². The molecule has 1 heterocycles. The van der Waals surface area contributed by atoms with Crippen molar-refractivity contribution in [3.63, 3.8) is 0 Å². The van der Waals surface area contributed by atoms with Gasteiger partial charge in [0.25, 0.3) is 5.91 Å². The molecule has 0 aromatic heterocycles. The second-order valence-corrected chi connectivity index (χ2v) is 8.53. The van der Waals surface area contributed by atoms with Crippen molar-refractivity contribution in [2.75, 3.05) is 26.2 Å². The number of rotatable bonds is 5. The summed E-state index contributed by atoms with van der Waals surface area (Å²) in [6.07, 6.45) is -0.545. The largest absolute Gasteiger partial charge is 0.481 e. The van der Waals surface area contributed by atoms with Crippen LogP contribution >= 0.6 is 0 Å². The van der Waals surface area contributed by atoms with E-state index in [1.165, 1.54) is 0 Å². The highest BCUT2D eigenvalue weighted by Gasteiger charge is 2.33. The molecule has 0 saturated carbocycles. The third-order valence-corrected chi connectivity index (χ3v) is 6.35. The molecule has 2 amide bonds. The van der Waals surface area contributed by atoms with Crippen LogP contribution in [0.4, 0.5) is 4.79 Å². The molecule has 0 radical (unpaired) electrons. The molecular weight excluding hydrogens is 420 g/mol. The van der Waals surface area contributed by atoms with Gasteiger partial charge in [-0.25, -0.2) is 4.79 Å². The summed E-state index contributed by atoms with van der Waals surface area (Å²) in [5, 5.41) is 11.5. The Labute approximate surface area is 192 Å². The van der Waals surface area contributed by atoms with E-state index < -0.39 is 12.1 Å². The van der Waals surface area contributed by atoms with Crippen molar-refractivity contribution in [2.45, 2.75) is 19.3 Å². The zero-order chi connectivity index (χ0) is 23.4. The maximum absolute atomic E-state index is 12.3. The van der Waals surface area contributed by atoms with Gasteiger partial charge in [0.05, 0.1) is 13.0 Å². The first-order chi connectivity index (χ1) is 15.9. The number of nitrogens with zero attached hydrogens (tertiary/aromatic N) is 1. The molecule has 170 valence electrons. The highest BCUT2D eigenvalue weighted by atomic mass is 16.5. The fourth-order valence-electron chi connectivity index (χ4n) is 4.65. The third kappa shape index (κ3) is 5.01. The molecule has 2 aromatic carbocycles. The molecule has 1 aliphatic heterocycles. The summed E-state index contributed by atoms with van der Waals surface area (Å²) in [6, 6.07) is 16.2. The van der Waals surface area contributed by atoms with E-state index in [2.05, 4.69) is 41.4 Å². The summed E-state index contributed by atoms with van der Waals surface area (Å²) >= 11 is 0. The van der Waals surface area contributed by atoms with E-state index in [1.54, 1.807) is 4.90 Å². The molecule has 0 bridgehead atoms. The minimum Gasteiger partial charge on any atom is -0.481 e. The molecule has 2 aromatic rings. The highest BCUT2D eigenvalue weighted by Crippen LogP contribution is 2.44. The number of aliphatic carboxylic acids is 1. The van der Waals surface area contributed by atoms with Crippen molar-refractivity contribution in [3.8, 4) is 23.0 Å². The number of nitrogens with one attached hydrogen (secondary N) is 1. The van der Waals surface area contributed by atoms with E-state index in [0.29, 0.717) is 13.1 Å². The fraction of sp³-hybridized carbons (Fsp3) is 0.346. The van der Waals surface area contributed by atoms with Crippen molar-refractivity contribution >= 4 is 18.0 Å². The van der Waals surface area contributed by atoms with Gasteiger partial charge < -0.3 is 20.1 Å². The third-order valence-electron chi connectivity index (χ3n) is 6.35. The SMILES string of the molecule is C[C@@H]1CN(C(=O)C#CCNC(=O)OCC2c3ccccc3-c3ccccc32)C[C@H]1CC(=O)O. The Hall–Kier alpha value is -3.79. The Morgan fingerprint density at radius 1 is 1.06 bits per heavy atom. The van der Waals surface area contributed by atoms with Gasteiger partial charge in [0.1, 0.15) is 6.61 Å². The Morgan fingerprint density at radius 2 is 1.70 bits per heavy atom. The van der Waals surface area contributed by atoms with E-state index in [0.717, 1.165) is 22.3 Å². The lowest BCUT2D eigenvalue weighted by Crippen LogP contribution is -2.29. The van der Waals surface area contributed by atoms with Gasteiger partial charge in [-0.3, -0.25) is 9.59 Å². The Balaban J connectivity index is 1.26. The Bertz CT molecular complexity index is 1090. The van der Waals surface area contributed by atoms with E-state index in [1.807, 2.05) is 31.2 Å². The summed E-state index contributed by atoms with van der Waals surface area (Å²) in [5.41, 5.74) is 4.59. The number of carbonyl (C=O) groups is 3. The summed E-state index contributed by atoms with van der Waals surface area (Å²) in [4.78, 5) is 36.9. The van der Waals surface area contributed by atoms with E-state index in [9.17, 15) is 14.4 Å². The lowest BCUT2D eigenvalue weighted by molar-refractivity contribution is -0.138. The molecule has 33 heavy (non-hydrogen) atoms. The van der Waals surface area contributed by atoms with Crippen molar-refractivity contribution in [3.05, 3.63) is 59.7 Å². The van der Waals surface area contributed by atoms with Crippen LogP contribution in [0.3, 0.4) is 0 Å². The van der Waals surface area contributed by atoms with Crippen molar-refractivity contribution < 1.29 is 24.2 Å². The number of carbonyl (C=O) groups excluding carboxylic acids is 2. The number of benzene rings is 2. The van der Waals surface area contributed by atoms with Gasteiger partial charge in [0.15, 0.2) is 0 Å². The molecule has 0 unspecified atom stereocenters. The number of hydrogen-bond acceptors (Lipinski definition) is 4. The molecule has 4 rings (SSSR count). The normalized spacial score (nSPS) is 18.6. The number of carboxylic acids is 1. The van der Waals surface area contributed by atoms with Crippen LogP contribution in [0.5, 0.6) is 0 Å². The van der Waals surface area contributed by atoms with Gasteiger partial charge in [-0.05, 0) is 40.0 Å². The molecular formula is C26H26N2O5. The zero-order valence-electron chi connectivity index (χ0n) is 18.4. The summed E-state index contributed by atoms with van der Waals surface area (Å²) < 4.78 is 5.44. The minimum absolute atomic E-state index is 0.00956. The van der Waals surface area contributed by atoms with Gasteiger partial charge >= 0.3 is 12.1 Å². The lowest BCUT2D eigenvalue weighted by atomic mass is 9.95. The van der Waals surface area contributed by atoms with Crippen LogP contribution in [-0.4, -0.2) is 54.2 Å². The van der Waals surface area contributed by atoms with E-state index >= 15 is 0 Å². The standard InChI is InChI=1S/C26H26N2O5/c1-17-14-28(15-18(17)13-25(30)31)24(29)11-6-12-27-26(32)33-16-23-21-9-4-2-7-19(21)20-8-3-5-10-22(20)23/h2-5,7-10,17-18,23H,12-16H2,1H3,(H,27,32)(H,30,31)/t17-,18-/m1/s1. The first kappa shape index (κ1) is 22.4. The maximum atomic E-state index is 12.3. The van der Waals surface area contributed by atoms with Crippen LogP contribution in [-0.2, 0) is 14.3 Å². The Kier molecular flexibility index (Phi) is 6.64. The minimum atomic E-state index is -0.862. The quantitative estimate of drug-likeness (QED) is 0.688. The molecule has 0 spiro atoms. The number of ether oxygens (including phenoxy) is 1. The maximum Gasteiger partial charge on any atom is 0.407 e. The molecule has 7 nitrogen and oxygen atoms in total. The molecule has 2 N–H and O–H groups in total. The number of likely N-dealkylation sites (tertiary alicyclic amines) is 1. The van der Waals surface area contributed by atoms with Crippen molar-refractivity contribution in [1.82, 2.24) is 10.2 Å². The average molecular weight is 447 g/mol. The fourth-order valence-corrected chi connectivity index (χ4v) is 4.65. The molecule has 1 aliphatic carbocycles. The monoisotopic (exact) mass is 446 g/mol. The van der Waals surface area contributed by atoms with Crippen LogP contribution in [0.15, 0.2) is 48.5 Å². The number of amides is 2. The van der Waals surface area contributed by atoms with Gasteiger partial charge in [0, 0.05) is 19.0 Å². The Morgan fingerprint density at radius 3 is 2.33 bits per heavy atom. The highest BCUT2D eigenvalue weighted by molar-refractivity contribution is 5.93. The zero-order valence-corrected chi connectivity index (χ0v) is 18.4. The first-order valence-electron chi connectivity index (χ1n) is 11.0. The molecule has 1 saturated heterocycles. The topological polar surface area (TPSA) is 95.9 Å². The van der Waals surface area contributed by atoms with Gasteiger partial charge in [-0.2, -0.15) is 0 Å². The van der Waals surface area contributed by atoms with Crippen LogP contribution < -0.4 is 5.32 Å². The van der Waals surface area contributed by atoms with Gasteiger partial charge in [-0.15, -0.1) is 0 Å². The molecule has 7 heteroatoms. The second kappa shape index (κ2) is 9.78. The predicted molar refractivity (Wildman–Crippen MR) is 122 cm³/mol. The second-order valence-electron chi connectivity index (χ2n) is 8.53.